The van der Waals surface area contributed by atoms with Gasteiger partial charge in [0.2, 0.25) is 0 Å². The highest BCUT2D eigenvalue weighted by Crippen LogP contribution is 2.29. The number of carbonyl (C=O) groups is 1. The number of benzene rings is 1. The standard InChI is InChI=1S/C22H20ClN7O2S/c1-13-16-9-17(33-21(16)30(28-13)10-14-3-5-15(23)6-4-14)22(31)32-8-2-7-29-12-27-18-19(24)25-11-26-20(18)29/h3-6,9,11-12H,2,7-8,10H2,1H3,(H2,24,25,26). The minimum atomic E-state index is -0.337. The topological polar surface area (TPSA) is 114 Å². The van der Waals surface area contributed by atoms with Gasteiger partial charge in [0.15, 0.2) is 11.5 Å². The number of aromatic nitrogens is 6. The molecule has 0 aliphatic heterocycles. The van der Waals surface area contributed by atoms with Crippen molar-refractivity contribution in [3.05, 3.63) is 64.1 Å². The SMILES string of the molecule is Cc1nn(Cc2ccc(Cl)cc2)c2sc(C(=O)OCCCn3cnc4c(N)ncnc43)cc12. The number of imidazole rings is 1. The van der Waals surface area contributed by atoms with Crippen molar-refractivity contribution in [3.8, 4) is 0 Å². The van der Waals surface area contributed by atoms with Crippen molar-refractivity contribution in [1.29, 1.82) is 0 Å². The third-order valence-corrected chi connectivity index (χ3v) is 6.64. The fourth-order valence-electron chi connectivity index (χ4n) is 3.62. The summed E-state index contributed by atoms with van der Waals surface area (Å²) in [5, 5.41) is 6.27. The maximum atomic E-state index is 12.6. The second kappa shape index (κ2) is 8.80. The summed E-state index contributed by atoms with van der Waals surface area (Å²) < 4.78 is 9.29. The molecule has 0 saturated heterocycles. The number of nitrogens with two attached hydrogens (primary N) is 1. The van der Waals surface area contributed by atoms with Crippen LogP contribution in [-0.4, -0.2) is 41.9 Å². The van der Waals surface area contributed by atoms with Crippen LogP contribution in [0.2, 0.25) is 5.02 Å². The van der Waals surface area contributed by atoms with E-state index in [1.54, 1.807) is 6.33 Å². The quantitative estimate of drug-likeness (QED) is 0.275. The molecule has 2 N–H and O–H groups in total. The van der Waals surface area contributed by atoms with Crippen molar-refractivity contribution in [2.45, 2.75) is 26.4 Å². The first-order valence-corrected chi connectivity index (χ1v) is 11.5. The van der Waals surface area contributed by atoms with E-state index in [0.29, 0.717) is 46.4 Å². The van der Waals surface area contributed by atoms with E-state index >= 15 is 0 Å². The number of nitrogen functional groups attached to an aromatic ring is 1. The zero-order valence-electron chi connectivity index (χ0n) is 17.7. The molecule has 5 rings (SSSR count). The summed E-state index contributed by atoms with van der Waals surface area (Å²) in [7, 11) is 0. The average Bonchev–Trinajstić information content (AvgIpc) is 3.49. The lowest BCUT2D eigenvalue weighted by molar-refractivity contribution is 0.0502. The zero-order chi connectivity index (χ0) is 22.9. The van der Waals surface area contributed by atoms with Crippen LogP contribution < -0.4 is 5.73 Å². The number of hydrogen-bond acceptors (Lipinski definition) is 8. The highest BCUT2D eigenvalue weighted by molar-refractivity contribution is 7.20. The van der Waals surface area contributed by atoms with Crippen LogP contribution in [0.15, 0.2) is 43.0 Å². The molecule has 0 aliphatic rings. The van der Waals surface area contributed by atoms with Crippen LogP contribution in [0.3, 0.4) is 0 Å². The van der Waals surface area contributed by atoms with Gasteiger partial charge >= 0.3 is 5.97 Å². The molecule has 4 heterocycles. The fraction of sp³-hybridized carbons (Fsp3) is 0.227. The van der Waals surface area contributed by atoms with E-state index in [0.717, 1.165) is 21.5 Å². The van der Waals surface area contributed by atoms with E-state index in [9.17, 15) is 4.79 Å². The summed E-state index contributed by atoms with van der Waals surface area (Å²) in [5.74, 6) is 0.00978. The molecule has 0 radical (unpaired) electrons. The first-order valence-electron chi connectivity index (χ1n) is 10.3. The number of aryl methyl sites for hydroxylation is 2. The van der Waals surface area contributed by atoms with Gasteiger partial charge < -0.3 is 15.0 Å². The first-order chi connectivity index (χ1) is 16.0. The van der Waals surface area contributed by atoms with Crippen molar-refractivity contribution in [2.75, 3.05) is 12.3 Å². The molecule has 9 nitrogen and oxygen atoms in total. The van der Waals surface area contributed by atoms with E-state index in [2.05, 4.69) is 20.1 Å². The van der Waals surface area contributed by atoms with Gasteiger partial charge in [-0.05, 0) is 37.1 Å². The molecule has 168 valence electrons. The minimum Gasteiger partial charge on any atom is -0.461 e. The maximum Gasteiger partial charge on any atom is 0.348 e. The van der Waals surface area contributed by atoms with Gasteiger partial charge in [0, 0.05) is 17.0 Å². The molecule has 0 aliphatic carbocycles. The Kier molecular flexibility index (Phi) is 5.69. The largest absolute Gasteiger partial charge is 0.461 e. The van der Waals surface area contributed by atoms with Crippen LogP contribution in [0.1, 0.15) is 27.3 Å². The fourth-order valence-corrected chi connectivity index (χ4v) is 4.80. The van der Waals surface area contributed by atoms with Crippen LogP contribution in [0.5, 0.6) is 0 Å². The number of halogens is 1. The van der Waals surface area contributed by atoms with Crippen LogP contribution in [-0.2, 0) is 17.8 Å². The van der Waals surface area contributed by atoms with Gasteiger partial charge in [0.25, 0.3) is 0 Å². The van der Waals surface area contributed by atoms with Gasteiger partial charge in [0.1, 0.15) is 21.6 Å². The van der Waals surface area contributed by atoms with Crippen LogP contribution in [0.25, 0.3) is 21.4 Å². The molecule has 1 aromatic carbocycles. The zero-order valence-corrected chi connectivity index (χ0v) is 19.3. The molecule has 33 heavy (non-hydrogen) atoms. The van der Waals surface area contributed by atoms with Crippen molar-refractivity contribution in [3.63, 3.8) is 0 Å². The van der Waals surface area contributed by atoms with E-state index in [1.165, 1.54) is 17.7 Å². The summed E-state index contributed by atoms with van der Waals surface area (Å²) >= 11 is 7.37. The van der Waals surface area contributed by atoms with Gasteiger partial charge in [-0.15, -0.1) is 11.3 Å². The first kappa shape index (κ1) is 21.4. The van der Waals surface area contributed by atoms with Gasteiger partial charge in [-0.1, -0.05) is 23.7 Å². The summed E-state index contributed by atoms with van der Waals surface area (Å²) in [4.78, 5) is 26.5. The third-order valence-electron chi connectivity index (χ3n) is 5.26. The van der Waals surface area contributed by atoms with E-state index in [4.69, 9.17) is 22.1 Å². The number of anilines is 1. The normalized spacial score (nSPS) is 11.5. The molecular weight excluding hydrogens is 462 g/mol. The van der Waals surface area contributed by atoms with E-state index < -0.39 is 0 Å². The summed E-state index contributed by atoms with van der Waals surface area (Å²) in [6.45, 7) is 3.42. The summed E-state index contributed by atoms with van der Waals surface area (Å²) in [5.41, 5.74) is 9.01. The Balaban J connectivity index is 1.23. The van der Waals surface area contributed by atoms with Crippen molar-refractivity contribution >= 4 is 56.1 Å². The number of hydrogen-bond donors (Lipinski definition) is 1. The number of ether oxygens (including phenoxy) is 1. The number of nitrogens with zero attached hydrogens (tertiary/aromatic N) is 6. The molecule has 0 spiro atoms. The predicted molar refractivity (Wildman–Crippen MR) is 128 cm³/mol. The molecule has 4 aromatic heterocycles. The lowest BCUT2D eigenvalue weighted by Gasteiger charge is -2.05. The molecule has 11 heteroatoms. The highest BCUT2D eigenvalue weighted by Gasteiger charge is 2.17. The molecule has 5 aromatic rings. The molecule has 0 saturated carbocycles. The third kappa shape index (κ3) is 4.27. The Labute approximate surface area is 197 Å². The number of esters is 1. The van der Waals surface area contributed by atoms with Crippen LogP contribution in [0, 0.1) is 6.92 Å². The van der Waals surface area contributed by atoms with Gasteiger partial charge in [0.05, 0.1) is 25.2 Å². The summed E-state index contributed by atoms with van der Waals surface area (Å²) in [6.07, 6.45) is 3.70. The van der Waals surface area contributed by atoms with E-state index in [1.807, 2.05) is 46.5 Å². The number of fused-ring (bicyclic) bond motifs is 2. The number of carbonyl (C=O) groups excluding carboxylic acids is 1. The second-order valence-corrected chi connectivity index (χ2v) is 9.02. The number of thiophene rings is 1. The smallest absolute Gasteiger partial charge is 0.348 e. The number of rotatable bonds is 7. The van der Waals surface area contributed by atoms with Crippen molar-refractivity contribution in [2.24, 2.45) is 0 Å². The van der Waals surface area contributed by atoms with Gasteiger partial charge in [-0.25, -0.2) is 19.7 Å². The Morgan fingerprint density at radius 2 is 2.03 bits per heavy atom. The molecule has 0 unspecified atom stereocenters. The van der Waals surface area contributed by atoms with E-state index in [-0.39, 0.29) is 12.6 Å². The van der Waals surface area contributed by atoms with Crippen LogP contribution >= 0.6 is 22.9 Å². The molecule has 0 bridgehead atoms. The Morgan fingerprint density at radius 1 is 1.21 bits per heavy atom. The lowest BCUT2D eigenvalue weighted by atomic mass is 10.2. The maximum absolute atomic E-state index is 12.6. The van der Waals surface area contributed by atoms with Crippen molar-refractivity contribution < 1.29 is 9.53 Å². The Bertz CT molecular complexity index is 1460. The second-order valence-electron chi connectivity index (χ2n) is 7.56. The Morgan fingerprint density at radius 3 is 2.85 bits per heavy atom. The molecule has 0 atom stereocenters. The molecule has 0 fully saturated rings. The summed E-state index contributed by atoms with van der Waals surface area (Å²) in [6, 6.07) is 9.51. The molecule has 0 amide bonds. The monoisotopic (exact) mass is 481 g/mol. The molecular formula is C22H20ClN7O2S. The Hall–Kier alpha value is -3.50. The predicted octanol–water partition coefficient (Wildman–Crippen LogP) is 4.08. The lowest BCUT2D eigenvalue weighted by Crippen LogP contribution is -2.08. The highest BCUT2D eigenvalue weighted by atomic mass is 35.5. The minimum absolute atomic E-state index is 0.281. The average molecular weight is 482 g/mol. The van der Waals surface area contributed by atoms with Crippen molar-refractivity contribution in [1.82, 2.24) is 29.3 Å². The van der Waals surface area contributed by atoms with Gasteiger partial charge in [-0.2, -0.15) is 5.10 Å². The van der Waals surface area contributed by atoms with Crippen LogP contribution in [0.4, 0.5) is 5.82 Å². The van der Waals surface area contributed by atoms with Gasteiger partial charge in [-0.3, -0.25) is 4.68 Å².